The molecular weight excluding hydrogens is 217 g/mol. The fraction of sp³-hybridized carbons (Fsp3) is 0.571. The van der Waals surface area contributed by atoms with Gasteiger partial charge in [0.05, 0.1) is 6.61 Å². The van der Waals surface area contributed by atoms with Crippen LogP contribution in [-0.4, -0.2) is 13.2 Å². The summed E-state index contributed by atoms with van der Waals surface area (Å²) in [5, 5.41) is 0. The second-order valence-electron chi connectivity index (χ2n) is 4.33. The molecule has 0 saturated carbocycles. The first-order valence-electron chi connectivity index (χ1n) is 6.31. The smallest absolute Gasteiger partial charge is 0.127 e. The highest BCUT2D eigenvalue weighted by Gasteiger charge is 2.06. The van der Waals surface area contributed by atoms with Crippen molar-refractivity contribution in [3.8, 4) is 5.75 Å². The molecule has 0 aromatic heterocycles. The van der Waals surface area contributed by atoms with E-state index in [4.69, 9.17) is 10.5 Å². The summed E-state index contributed by atoms with van der Waals surface area (Å²) >= 11 is 0. The Hall–Kier alpha value is -1.09. The molecule has 0 bridgehead atoms. The molecule has 1 aromatic rings. The quantitative estimate of drug-likeness (QED) is 0.793. The molecule has 0 saturated heterocycles. The van der Waals surface area contributed by atoms with Crippen molar-refractivity contribution in [1.29, 1.82) is 0 Å². The third kappa shape index (κ3) is 4.73. The van der Waals surface area contributed by atoms with E-state index in [0.29, 0.717) is 31.2 Å². The Morgan fingerprint density at radius 2 is 1.94 bits per heavy atom. The van der Waals surface area contributed by atoms with Crippen molar-refractivity contribution in [2.24, 2.45) is 11.7 Å². The fourth-order valence-electron chi connectivity index (χ4n) is 1.75. The molecule has 17 heavy (non-hydrogen) atoms. The van der Waals surface area contributed by atoms with Gasteiger partial charge in [0, 0.05) is 6.07 Å². The van der Waals surface area contributed by atoms with Gasteiger partial charge in [0.2, 0.25) is 0 Å². The summed E-state index contributed by atoms with van der Waals surface area (Å²) in [6.45, 7) is 5.46. The van der Waals surface area contributed by atoms with Crippen molar-refractivity contribution in [3.63, 3.8) is 0 Å². The normalized spacial score (nSPS) is 10.9. The summed E-state index contributed by atoms with van der Waals surface area (Å²) in [6, 6.07) is 4.82. The summed E-state index contributed by atoms with van der Waals surface area (Å²) in [6.07, 6.45) is 2.85. The first-order chi connectivity index (χ1) is 8.19. The Morgan fingerprint density at radius 1 is 1.24 bits per heavy atom. The molecule has 0 spiro atoms. The molecule has 0 amide bonds. The van der Waals surface area contributed by atoms with Crippen LogP contribution in [0.3, 0.4) is 0 Å². The van der Waals surface area contributed by atoms with E-state index in [2.05, 4.69) is 13.8 Å². The van der Waals surface area contributed by atoms with Gasteiger partial charge in [-0.2, -0.15) is 0 Å². The van der Waals surface area contributed by atoms with Gasteiger partial charge >= 0.3 is 0 Å². The summed E-state index contributed by atoms with van der Waals surface area (Å²) in [7, 11) is 0. The van der Waals surface area contributed by atoms with Gasteiger partial charge in [-0.1, -0.05) is 26.7 Å². The third-order valence-corrected chi connectivity index (χ3v) is 3.00. The highest BCUT2D eigenvalue weighted by Crippen LogP contribution is 2.18. The highest BCUT2D eigenvalue weighted by atomic mass is 19.1. The summed E-state index contributed by atoms with van der Waals surface area (Å²) in [4.78, 5) is 0. The molecule has 0 radical (unpaired) electrons. The molecule has 3 heteroatoms. The molecule has 0 atom stereocenters. The van der Waals surface area contributed by atoms with Gasteiger partial charge in [-0.3, -0.25) is 0 Å². The Labute approximate surface area is 103 Å². The zero-order chi connectivity index (χ0) is 12.7. The molecule has 0 unspecified atom stereocenters. The van der Waals surface area contributed by atoms with Gasteiger partial charge in [-0.25, -0.2) is 4.39 Å². The van der Waals surface area contributed by atoms with Crippen LogP contribution in [0, 0.1) is 11.7 Å². The van der Waals surface area contributed by atoms with E-state index in [1.807, 2.05) is 6.07 Å². The van der Waals surface area contributed by atoms with Gasteiger partial charge < -0.3 is 10.5 Å². The summed E-state index contributed by atoms with van der Waals surface area (Å²) in [5.74, 6) is 0.895. The molecule has 0 aliphatic rings. The molecule has 1 aromatic carbocycles. The standard InChI is InChI=1S/C14H22FNO/c1-3-11(4-2)10-17-14-8-12(5-6-16)7-13(15)9-14/h7-9,11H,3-6,10,16H2,1-2H3. The van der Waals surface area contributed by atoms with E-state index >= 15 is 0 Å². The molecule has 0 heterocycles. The van der Waals surface area contributed by atoms with Crippen molar-refractivity contribution in [2.75, 3.05) is 13.2 Å². The van der Waals surface area contributed by atoms with Crippen LogP contribution in [0.4, 0.5) is 4.39 Å². The molecule has 96 valence electrons. The van der Waals surface area contributed by atoms with Gasteiger partial charge in [0.15, 0.2) is 0 Å². The molecule has 2 N–H and O–H groups in total. The Morgan fingerprint density at radius 3 is 2.53 bits per heavy atom. The van der Waals surface area contributed by atoms with Crippen LogP contribution < -0.4 is 10.5 Å². The molecule has 2 nitrogen and oxygen atoms in total. The van der Waals surface area contributed by atoms with Crippen molar-refractivity contribution >= 4 is 0 Å². The number of hydrogen-bond acceptors (Lipinski definition) is 2. The topological polar surface area (TPSA) is 35.2 Å². The minimum atomic E-state index is -0.254. The van der Waals surface area contributed by atoms with E-state index in [-0.39, 0.29) is 5.82 Å². The monoisotopic (exact) mass is 239 g/mol. The Balaban J connectivity index is 2.63. The van der Waals surface area contributed by atoms with E-state index < -0.39 is 0 Å². The zero-order valence-corrected chi connectivity index (χ0v) is 10.7. The lowest BCUT2D eigenvalue weighted by atomic mass is 10.1. The van der Waals surface area contributed by atoms with Crippen LogP contribution in [0.5, 0.6) is 5.75 Å². The van der Waals surface area contributed by atoms with Crippen LogP contribution in [0.2, 0.25) is 0 Å². The summed E-state index contributed by atoms with van der Waals surface area (Å²) < 4.78 is 19.0. The number of benzene rings is 1. The average Bonchev–Trinajstić information content (AvgIpc) is 2.30. The number of hydrogen-bond donors (Lipinski definition) is 1. The Kier molecular flexibility index (Phi) is 5.98. The number of ether oxygens (including phenoxy) is 1. The van der Waals surface area contributed by atoms with Gasteiger partial charge in [-0.05, 0) is 36.6 Å². The number of nitrogens with two attached hydrogens (primary N) is 1. The average molecular weight is 239 g/mol. The van der Waals surface area contributed by atoms with Crippen LogP contribution in [0.1, 0.15) is 32.3 Å². The minimum absolute atomic E-state index is 0.254. The maximum Gasteiger partial charge on any atom is 0.127 e. The summed E-state index contributed by atoms with van der Waals surface area (Å²) in [5.41, 5.74) is 6.36. The van der Waals surface area contributed by atoms with E-state index in [1.165, 1.54) is 12.1 Å². The van der Waals surface area contributed by atoms with Crippen LogP contribution in [-0.2, 0) is 6.42 Å². The van der Waals surface area contributed by atoms with Gasteiger partial charge in [-0.15, -0.1) is 0 Å². The fourth-order valence-corrected chi connectivity index (χ4v) is 1.75. The number of rotatable bonds is 7. The molecule has 0 aliphatic carbocycles. The first-order valence-corrected chi connectivity index (χ1v) is 6.31. The van der Waals surface area contributed by atoms with Crippen molar-refractivity contribution in [2.45, 2.75) is 33.1 Å². The van der Waals surface area contributed by atoms with E-state index in [0.717, 1.165) is 18.4 Å². The van der Waals surface area contributed by atoms with Crippen LogP contribution in [0.15, 0.2) is 18.2 Å². The van der Waals surface area contributed by atoms with Gasteiger partial charge in [0.25, 0.3) is 0 Å². The molecule has 1 rings (SSSR count). The predicted octanol–water partition coefficient (Wildman–Crippen LogP) is 3.14. The lowest BCUT2D eigenvalue weighted by Crippen LogP contribution is -2.10. The predicted molar refractivity (Wildman–Crippen MR) is 68.7 cm³/mol. The maximum absolute atomic E-state index is 13.3. The minimum Gasteiger partial charge on any atom is -0.493 e. The third-order valence-electron chi connectivity index (χ3n) is 3.00. The number of halogens is 1. The second-order valence-corrected chi connectivity index (χ2v) is 4.33. The van der Waals surface area contributed by atoms with E-state index in [9.17, 15) is 4.39 Å². The van der Waals surface area contributed by atoms with Crippen molar-refractivity contribution in [3.05, 3.63) is 29.6 Å². The van der Waals surface area contributed by atoms with Crippen LogP contribution in [0.25, 0.3) is 0 Å². The largest absolute Gasteiger partial charge is 0.493 e. The molecule has 0 fully saturated rings. The lowest BCUT2D eigenvalue weighted by molar-refractivity contribution is 0.239. The van der Waals surface area contributed by atoms with Crippen molar-refractivity contribution in [1.82, 2.24) is 0 Å². The van der Waals surface area contributed by atoms with E-state index in [1.54, 1.807) is 0 Å². The maximum atomic E-state index is 13.3. The Bertz CT molecular complexity index is 337. The molecular formula is C14H22FNO. The SMILES string of the molecule is CCC(CC)COc1cc(F)cc(CCN)c1. The zero-order valence-electron chi connectivity index (χ0n) is 10.7. The van der Waals surface area contributed by atoms with Crippen LogP contribution >= 0.6 is 0 Å². The highest BCUT2D eigenvalue weighted by molar-refractivity contribution is 5.29. The van der Waals surface area contributed by atoms with Crippen molar-refractivity contribution < 1.29 is 9.13 Å². The second kappa shape index (κ2) is 7.28. The first kappa shape index (κ1) is 14.0. The lowest BCUT2D eigenvalue weighted by Gasteiger charge is -2.14. The van der Waals surface area contributed by atoms with Gasteiger partial charge in [0.1, 0.15) is 11.6 Å². The molecule has 0 aliphatic heterocycles.